The van der Waals surface area contributed by atoms with Crippen molar-refractivity contribution in [3.8, 4) is 23.0 Å². The quantitative estimate of drug-likeness (QED) is 0.0976. The number of carboxylic acids is 1. The lowest BCUT2D eigenvalue weighted by molar-refractivity contribution is -0.143. The monoisotopic (exact) mass is 709 g/mol. The molecule has 0 unspecified atom stereocenters. The molecule has 270 valence electrons. The molecule has 0 bridgehead atoms. The molecule has 6 rings (SSSR count). The molecule has 2 N–H and O–H groups in total. The van der Waals surface area contributed by atoms with Crippen molar-refractivity contribution in [3.05, 3.63) is 191 Å². The Labute approximate surface area is 310 Å². The summed E-state index contributed by atoms with van der Waals surface area (Å²) in [6, 6.07) is 48.8. The second-order valence-corrected chi connectivity index (χ2v) is 12.3. The summed E-state index contributed by atoms with van der Waals surface area (Å²) in [5, 5.41) is 14.8. The molecule has 0 amide bonds. The van der Waals surface area contributed by atoms with Crippen LogP contribution in [0.1, 0.15) is 33.4 Å². The molecule has 0 aliphatic heterocycles. The molecule has 0 saturated carbocycles. The second-order valence-electron chi connectivity index (χ2n) is 12.3. The molecule has 0 heterocycles. The van der Waals surface area contributed by atoms with E-state index in [1.165, 1.54) is 0 Å². The van der Waals surface area contributed by atoms with Gasteiger partial charge in [-0.15, -0.1) is 0 Å². The minimum atomic E-state index is -1.34. The Morgan fingerprint density at radius 3 is 1.32 bits per heavy atom. The van der Waals surface area contributed by atoms with Gasteiger partial charge >= 0.3 is 5.97 Å². The van der Waals surface area contributed by atoms with Gasteiger partial charge in [0.15, 0.2) is 23.0 Å². The standard InChI is InChI=1S/C45H43NO7/c1-49-39-29-17-27-36(41(39)51-3)44(32-19-9-5-10-20-32,33-21-11-6-12-22-33)46-38(43(47)48)31-53-45(34-23-13-7-14-24-34,35-25-15-8-16-26-35)37-28-18-30-40(50-2)42(37)52-4/h5-30,38,46H,31H2,1-4H3,(H,47,48)/t38-/m0/s1. The number of carboxylic acid groups (broad SMARTS) is 1. The number of rotatable bonds is 16. The summed E-state index contributed by atoms with van der Waals surface area (Å²) >= 11 is 0. The van der Waals surface area contributed by atoms with Gasteiger partial charge in [-0.3, -0.25) is 10.1 Å². The number of nitrogens with one attached hydrogen (secondary N) is 1. The Morgan fingerprint density at radius 1 is 0.528 bits per heavy atom. The average Bonchev–Trinajstić information content (AvgIpc) is 3.23. The lowest BCUT2D eigenvalue weighted by atomic mass is 9.75. The third-order valence-corrected chi connectivity index (χ3v) is 9.52. The smallest absolute Gasteiger partial charge is 0.323 e. The largest absolute Gasteiger partial charge is 0.493 e. The maximum absolute atomic E-state index is 13.7. The maximum atomic E-state index is 13.7. The van der Waals surface area contributed by atoms with Crippen LogP contribution in [0.25, 0.3) is 0 Å². The summed E-state index contributed by atoms with van der Waals surface area (Å²) in [4.78, 5) is 13.7. The van der Waals surface area contributed by atoms with E-state index in [9.17, 15) is 9.90 Å². The first-order valence-corrected chi connectivity index (χ1v) is 17.2. The Hall–Kier alpha value is -6.09. The molecule has 0 spiro atoms. The normalized spacial score (nSPS) is 12.1. The van der Waals surface area contributed by atoms with Crippen LogP contribution in [-0.2, 0) is 20.7 Å². The molecular weight excluding hydrogens is 666 g/mol. The van der Waals surface area contributed by atoms with Crippen molar-refractivity contribution in [1.82, 2.24) is 5.32 Å². The van der Waals surface area contributed by atoms with E-state index in [1.807, 2.05) is 158 Å². The van der Waals surface area contributed by atoms with E-state index in [0.717, 1.165) is 22.3 Å². The molecule has 0 fully saturated rings. The predicted molar refractivity (Wildman–Crippen MR) is 205 cm³/mol. The van der Waals surface area contributed by atoms with E-state index in [0.29, 0.717) is 34.1 Å². The van der Waals surface area contributed by atoms with E-state index in [4.69, 9.17) is 23.7 Å². The topological polar surface area (TPSA) is 95.5 Å². The van der Waals surface area contributed by atoms with Gasteiger partial charge in [0.1, 0.15) is 11.6 Å². The van der Waals surface area contributed by atoms with Crippen molar-refractivity contribution in [3.63, 3.8) is 0 Å². The third kappa shape index (κ3) is 6.94. The Kier molecular flexibility index (Phi) is 11.4. The fourth-order valence-electron chi connectivity index (χ4n) is 7.16. The van der Waals surface area contributed by atoms with Crippen LogP contribution in [0.3, 0.4) is 0 Å². The van der Waals surface area contributed by atoms with Gasteiger partial charge < -0.3 is 28.8 Å². The van der Waals surface area contributed by atoms with Crippen LogP contribution in [0, 0.1) is 0 Å². The van der Waals surface area contributed by atoms with E-state index in [-0.39, 0.29) is 6.61 Å². The van der Waals surface area contributed by atoms with Gasteiger partial charge in [0.25, 0.3) is 0 Å². The number of methoxy groups -OCH3 is 4. The molecule has 53 heavy (non-hydrogen) atoms. The molecule has 0 aromatic heterocycles. The van der Waals surface area contributed by atoms with Gasteiger partial charge in [0.2, 0.25) is 0 Å². The van der Waals surface area contributed by atoms with Crippen molar-refractivity contribution in [2.75, 3.05) is 35.0 Å². The number of para-hydroxylation sites is 2. The SMILES string of the molecule is COc1cccc(C(N[C@@H](COC(c2ccccc2)(c2ccccc2)c2cccc(OC)c2OC)C(=O)O)(c2ccccc2)c2ccccc2)c1OC. The summed E-state index contributed by atoms with van der Waals surface area (Å²) in [6.07, 6.45) is 0. The molecule has 8 heteroatoms. The zero-order chi connectivity index (χ0) is 37.3. The highest BCUT2D eigenvalue weighted by Crippen LogP contribution is 2.48. The van der Waals surface area contributed by atoms with Gasteiger partial charge in [-0.25, -0.2) is 0 Å². The molecule has 0 aliphatic rings. The van der Waals surface area contributed by atoms with Crippen LogP contribution in [0.5, 0.6) is 23.0 Å². The molecule has 6 aromatic rings. The lowest BCUT2D eigenvalue weighted by Crippen LogP contribution is -2.55. The molecule has 6 aromatic carbocycles. The summed E-state index contributed by atoms with van der Waals surface area (Å²) in [6.45, 7) is -0.285. The van der Waals surface area contributed by atoms with Gasteiger partial charge in [0.05, 0.1) is 40.6 Å². The third-order valence-electron chi connectivity index (χ3n) is 9.52. The fraction of sp³-hybridized carbons (Fsp3) is 0.178. The Morgan fingerprint density at radius 2 is 0.925 bits per heavy atom. The average molecular weight is 710 g/mol. The first-order chi connectivity index (χ1) is 25.9. The Balaban J connectivity index is 1.59. The molecule has 8 nitrogen and oxygen atoms in total. The highest BCUT2D eigenvalue weighted by molar-refractivity contribution is 5.75. The summed E-state index contributed by atoms with van der Waals surface area (Å²) in [5.41, 5.74) is 1.83. The second kappa shape index (κ2) is 16.5. The van der Waals surface area contributed by atoms with E-state index < -0.39 is 23.2 Å². The van der Waals surface area contributed by atoms with Gasteiger partial charge in [-0.05, 0) is 34.4 Å². The zero-order valence-corrected chi connectivity index (χ0v) is 30.2. The van der Waals surface area contributed by atoms with Gasteiger partial charge in [0, 0.05) is 11.1 Å². The summed E-state index contributed by atoms with van der Waals surface area (Å²) in [7, 11) is 6.32. The van der Waals surface area contributed by atoms with Crippen molar-refractivity contribution >= 4 is 5.97 Å². The van der Waals surface area contributed by atoms with Crippen molar-refractivity contribution < 1.29 is 33.6 Å². The lowest BCUT2D eigenvalue weighted by Gasteiger charge is -2.41. The minimum absolute atomic E-state index is 0.285. The van der Waals surface area contributed by atoms with Crippen molar-refractivity contribution in [1.29, 1.82) is 0 Å². The molecular formula is C45H43NO7. The van der Waals surface area contributed by atoms with Gasteiger partial charge in [-0.2, -0.15) is 0 Å². The first-order valence-electron chi connectivity index (χ1n) is 17.2. The Bertz CT molecular complexity index is 2010. The summed E-state index contributed by atoms with van der Waals surface area (Å²) in [5.74, 6) is 0.824. The van der Waals surface area contributed by atoms with E-state index >= 15 is 0 Å². The highest BCUT2D eigenvalue weighted by atomic mass is 16.5. The van der Waals surface area contributed by atoms with Crippen LogP contribution in [0.2, 0.25) is 0 Å². The molecule has 1 atom stereocenters. The number of aliphatic carboxylic acids is 1. The number of hydrogen-bond donors (Lipinski definition) is 2. The van der Waals surface area contributed by atoms with Crippen LogP contribution < -0.4 is 24.3 Å². The van der Waals surface area contributed by atoms with Crippen molar-refractivity contribution in [2.24, 2.45) is 0 Å². The molecule has 0 radical (unpaired) electrons. The maximum Gasteiger partial charge on any atom is 0.323 e. The number of carbonyl (C=O) groups is 1. The predicted octanol–water partition coefficient (Wildman–Crippen LogP) is 8.06. The number of benzene rings is 6. The number of ether oxygens (including phenoxy) is 5. The first kappa shape index (κ1) is 36.7. The van der Waals surface area contributed by atoms with Crippen LogP contribution >= 0.6 is 0 Å². The zero-order valence-electron chi connectivity index (χ0n) is 30.2. The molecule has 0 aliphatic carbocycles. The van der Waals surface area contributed by atoms with E-state index in [2.05, 4.69) is 5.32 Å². The van der Waals surface area contributed by atoms with Crippen LogP contribution in [-0.4, -0.2) is 52.2 Å². The number of hydrogen-bond acceptors (Lipinski definition) is 7. The van der Waals surface area contributed by atoms with Crippen LogP contribution in [0.15, 0.2) is 158 Å². The van der Waals surface area contributed by atoms with Crippen LogP contribution in [0.4, 0.5) is 0 Å². The fourth-order valence-corrected chi connectivity index (χ4v) is 7.16. The van der Waals surface area contributed by atoms with Crippen molar-refractivity contribution in [2.45, 2.75) is 17.2 Å². The van der Waals surface area contributed by atoms with Gasteiger partial charge in [-0.1, -0.05) is 146 Å². The molecule has 0 saturated heterocycles. The summed E-state index contributed by atoms with van der Waals surface area (Å²) < 4.78 is 30.7. The minimum Gasteiger partial charge on any atom is -0.493 e. The van der Waals surface area contributed by atoms with E-state index in [1.54, 1.807) is 28.4 Å². The highest BCUT2D eigenvalue weighted by Gasteiger charge is 2.46.